The van der Waals surface area contributed by atoms with Crippen LogP contribution in [0.2, 0.25) is 0 Å². The van der Waals surface area contributed by atoms with Crippen LogP contribution in [0, 0.1) is 0 Å². The quantitative estimate of drug-likeness (QED) is 0.119. The van der Waals surface area contributed by atoms with Crippen molar-refractivity contribution in [1.29, 1.82) is 0 Å². The largest absolute Gasteiger partial charge is 0.453 e. The van der Waals surface area contributed by atoms with Crippen molar-refractivity contribution >= 4 is 117 Å². The summed E-state index contributed by atoms with van der Waals surface area (Å²) in [4.78, 5) is 7.46. The van der Waals surface area contributed by atoms with Gasteiger partial charge in [0.1, 0.15) is 17.1 Å². The molecule has 0 saturated heterocycles. The summed E-state index contributed by atoms with van der Waals surface area (Å²) in [7, 11) is 0. The van der Waals surface area contributed by atoms with Gasteiger partial charge in [-0.2, -0.15) is 0 Å². The van der Waals surface area contributed by atoms with Gasteiger partial charge in [-0.1, -0.05) is 345 Å². The van der Waals surface area contributed by atoms with Crippen LogP contribution in [0.15, 0.2) is 437 Å². The molecule has 696 valence electrons. The van der Waals surface area contributed by atoms with Crippen molar-refractivity contribution in [3.63, 3.8) is 0 Å². The molecule has 3 aliphatic carbocycles. The lowest BCUT2D eigenvalue weighted by atomic mass is 9.81. The number of ether oxygens (including phenoxy) is 6. The first kappa shape index (κ1) is 82.9. The topological polar surface area (TPSA) is 79.9 Å². The van der Waals surface area contributed by atoms with Crippen LogP contribution in [-0.4, -0.2) is 13.7 Å². The fourth-order valence-electron chi connectivity index (χ4n) is 26.0. The fourth-order valence-corrected chi connectivity index (χ4v) is 26.0. The highest BCUT2D eigenvalue weighted by atomic mass is 16.5. The Morgan fingerprint density at radius 1 is 0.184 bits per heavy atom. The lowest BCUT2D eigenvalue weighted by Crippen LogP contribution is -2.21. The Balaban J connectivity index is 0.0000000999. The summed E-state index contributed by atoms with van der Waals surface area (Å²) >= 11 is 0. The number of aromatic nitrogens is 3. The minimum absolute atomic E-state index is 0.137. The summed E-state index contributed by atoms with van der Waals surface area (Å²) in [5.74, 6) is 9.90. The number of hydrogen-bond donors (Lipinski definition) is 0. The Hall–Kier alpha value is -18.8. The third kappa shape index (κ3) is 11.6. The van der Waals surface area contributed by atoms with E-state index in [4.69, 9.17) is 28.4 Å². The van der Waals surface area contributed by atoms with E-state index in [2.05, 4.69) is 452 Å². The molecule has 21 aromatic carbocycles. The van der Waals surface area contributed by atoms with E-state index in [1.165, 1.54) is 94.7 Å². The molecule has 0 N–H and O–H groups in total. The van der Waals surface area contributed by atoms with Crippen molar-refractivity contribution in [3.8, 4) is 153 Å². The average Bonchev–Trinajstić information content (AvgIpc) is 1.53. The molecule has 0 fully saturated rings. The molecule has 6 aliphatic heterocycles. The van der Waals surface area contributed by atoms with Crippen LogP contribution in [0.25, 0.3) is 149 Å². The second-order valence-corrected chi connectivity index (χ2v) is 41.1. The Bertz CT molecular complexity index is 9840. The predicted molar refractivity (Wildman–Crippen MR) is 596 cm³/mol. The van der Waals surface area contributed by atoms with Gasteiger partial charge in [0.25, 0.3) is 0 Å². The van der Waals surface area contributed by atoms with Crippen LogP contribution in [0.1, 0.15) is 74.9 Å². The maximum atomic E-state index is 6.66. The van der Waals surface area contributed by atoms with Gasteiger partial charge in [0.05, 0.1) is 78.6 Å². The average molecular weight is 1890 g/mol. The van der Waals surface area contributed by atoms with Crippen molar-refractivity contribution in [2.45, 2.75) is 57.8 Å². The first-order valence-electron chi connectivity index (χ1n) is 50.6. The van der Waals surface area contributed by atoms with Crippen molar-refractivity contribution in [2.75, 3.05) is 14.7 Å². The van der Waals surface area contributed by atoms with Gasteiger partial charge in [-0.15, -0.1) is 0 Å². The van der Waals surface area contributed by atoms with Gasteiger partial charge < -0.3 is 43.1 Å². The minimum atomic E-state index is -0.220. The van der Waals surface area contributed by atoms with Crippen LogP contribution in [0.3, 0.4) is 0 Å². The van der Waals surface area contributed by atoms with Gasteiger partial charge >= 0.3 is 0 Å². The first-order chi connectivity index (χ1) is 72.3. The first-order valence-corrected chi connectivity index (χ1v) is 50.6. The van der Waals surface area contributed by atoms with Crippen molar-refractivity contribution in [2.24, 2.45) is 0 Å². The van der Waals surface area contributed by atoms with Gasteiger partial charge in [-0.3, -0.25) is 13.7 Å². The van der Waals surface area contributed by atoms with E-state index in [1.54, 1.807) is 0 Å². The zero-order chi connectivity index (χ0) is 97.3. The summed E-state index contributed by atoms with van der Waals surface area (Å²) in [5, 5.41) is 6.79. The summed E-state index contributed by atoms with van der Waals surface area (Å²) in [5.41, 5.74) is 41.6. The number of anilines is 9. The molecule has 0 radical (unpaired) electrons. The summed E-state index contributed by atoms with van der Waals surface area (Å²) in [6.07, 6.45) is 0. The number of fused-ring (bicyclic) bond motifs is 12. The molecule has 147 heavy (non-hydrogen) atoms. The maximum absolute atomic E-state index is 6.66. The van der Waals surface area contributed by atoms with Crippen LogP contribution >= 0.6 is 0 Å². The lowest BCUT2D eigenvalue weighted by Gasteiger charge is -2.34. The second-order valence-electron chi connectivity index (χ2n) is 41.1. The Morgan fingerprint density at radius 3 is 0.905 bits per heavy atom. The third-order valence-electron chi connectivity index (χ3n) is 32.2. The van der Waals surface area contributed by atoms with Gasteiger partial charge in [-0.25, -0.2) is 0 Å². The smallest absolute Gasteiger partial charge is 0.155 e. The zero-order valence-corrected chi connectivity index (χ0v) is 81.2. The van der Waals surface area contributed by atoms with Crippen LogP contribution in [0.4, 0.5) is 51.2 Å². The highest BCUT2D eigenvalue weighted by Gasteiger charge is 2.46. The normalized spacial score (nSPS) is 14.0. The Morgan fingerprint density at radius 2 is 0.469 bits per heavy atom. The van der Waals surface area contributed by atoms with Gasteiger partial charge in [0, 0.05) is 76.5 Å². The molecule has 0 unspecified atom stereocenters. The molecule has 0 bridgehead atoms. The maximum Gasteiger partial charge on any atom is 0.155 e. The summed E-state index contributed by atoms with van der Waals surface area (Å²) in [6, 6.07) is 156. The second kappa shape index (κ2) is 30.6. The minimum Gasteiger partial charge on any atom is -0.453 e. The molecule has 12 nitrogen and oxygen atoms in total. The molecule has 3 aromatic heterocycles. The highest BCUT2D eigenvalue weighted by molar-refractivity contribution is 6.25. The number of nitrogens with zero attached hydrogens (tertiary/aromatic N) is 6. The van der Waals surface area contributed by atoms with E-state index in [-0.39, 0.29) is 16.2 Å². The molecule has 24 aromatic rings. The molecule has 0 amide bonds. The molecule has 0 atom stereocenters. The number of para-hydroxylation sites is 9. The molecular formula is C135H90N6O6. The monoisotopic (exact) mass is 1890 g/mol. The van der Waals surface area contributed by atoms with Crippen LogP contribution < -0.4 is 43.1 Å². The standard InChI is InChI=1S/3C45H30N2O2/c1-45(2)32-19-8-6-16-29(32)30-17-10-21-35(41(30)45)46(33-20-9-7-15-28(33)27-13-4-3-5-14-27)34-25-26-39-44-40(34)31-18-11-22-36-42(31)47(44)43-37(48-36)23-12-24-38(43)49-39;1-45(2)31-18-8-6-16-29(31)40-32(45)19-11-21-34(40)46(33-20-9-7-15-28(33)27-13-4-3-5-14-27)35-25-26-39-44-41(35)30-17-10-22-36-42(30)47(44)43-37(48-36)23-12-24-38(43)49-39;1-45(2)33-17-8-6-15-30(33)31-23-22-28(26-34(31)45)46(35-18-9-7-14-29(35)27-12-4-3-5-13-27)36-24-25-40-44-41(36)32-16-10-19-37-42(32)47(44)43-38(48-37)20-11-21-39(43)49-40/h3*3-26H,1-2H3. The molecule has 0 spiro atoms. The molecule has 9 heterocycles. The Kier molecular flexibility index (Phi) is 17.3. The predicted octanol–water partition coefficient (Wildman–Crippen LogP) is 37.3. The number of hydrogen-bond acceptors (Lipinski definition) is 9. The van der Waals surface area contributed by atoms with E-state index < -0.39 is 0 Å². The summed E-state index contributed by atoms with van der Waals surface area (Å²) < 4.78 is 46.7. The van der Waals surface area contributed by atoms with Gasteiger partial charge in [0.2, 0.25) is 0 Å². The lowest BCUT2D eigenvalue weighted by molar-refractivity contribution is 0.443. The van der Waals surface area contributed by atoms with Crippen molar-refractivity contribution in [3.05, 3.63) is 470 Å². The van der Waals surface area contributed by atoms with E-state index >= 15 is 0 Å². The highest BCUT2D eigenvalue weighted by Crippen LogP contribution is 2.66. The molecule has 9 aliphatic rings. The molecule has 0 saturated carbocycles. The number of rotatable bonds is 12. The third-order valence-corrected chi connectivity index (χ3v) is 32.2. The Labute approximate surface area is 848 Å². The van der Waals surface area contributed by atoms with Gasteiger partial charge in [0.15, 0.2) is 69.0 Å². The summed E-state index contributed by atoms with van der Waals surface area (Å²) in [6.45, 7) is 14.1. The SMILES string of the molecule is CC1(C)c2ccccc2-c2c(N(c3ccccc3-c3ccccc3)c3ccc4c5c3c3cccc6c3n5-c3c(cccc3O4)O6)cccc21.CC1(C)c2ccccc2-c2ccc(N(c3ccccc3-c3ccccc3)c3ccc4c5c3c3cccc6c3n5-c3c(cccc3O4)O6)cc21.CC1(C)c2ccccc2-c2cccc(N(c3ccccc3-c3ccccc3)c3ccc4c5c3c3cccc6c3n5-c3c(cccc3O4)O6)c21. The van der Waals surface area contributed by atoms with Crippen molar-refractivity contribution in [1.82, 2.24) is 13.7 Å². The molecule has 33 rings (SSSR count). The van der Waals surface area contributed by atoms with E-state index in [1.807, 2.05) is 54.6 Å². The number of benzene rings is 21. The van der Waals surface area contributed by atoms with E-state index in [0.29, 0.717) is 0 Å². The van der Waals surface area contributed by atoms with Gasteiger partial charge in [-0.05, 0) is 211 Å². The van der Waals surface area contributed by atoms with Crippen molar-refractivity contribution < 1.29 is 28.4 Å². The molecular weight excluding hydrogens is 1800 g/mol. The van der Waals surface area contributed by atoms with E-state index in [9.17, 15) is 0 Å². The van der Waals surface area contributed by atoms with Crippen LogP contribution in [0.5, 0.6) is 69.0 Å². The zero-order valence-electron chi connectivity index (χ0n) is 81.2. The molecule has 12 heteroatoms. The van der Waals surface area contributed by atoms with E-state index in [0.717, 1.165) is 208 Å². The fraction of sp³-hybridized carbons (Fsp3) is 0.0667. The van der Waals surface area contributed by atoms with Crippen LogP contribution in [-0.2, 0) is 16.2 Å².